The lowest BCUT2D eigenvalue weighted by Gasteiger charge is -2.25. The number of hydrogen-bond acceptors (Lipinski definition) is 4. The van der Waals surface area contributed by atoms with E-state index in [1.54, 1.807) is 0 Å². The zero-order chi connectivity index (χ0) is 9.97. The molecule has 0 aliphatic carbocycles. The van der Waals surface area contributed by atoms with Crippen LogP contribution in [0, 0.1) is 0 Å². The lowest BCUT2D eigenvalue weighted by atomic mass is 10.3. The third kappa shape index (κ3) is 1.54. The maximum atomic E-state index is 11.4. The van der Waals surface area contributed by atoms with Gasteiger partial charge in [-0.3, -0.25) is 14.5 Å². The van der Waals surface area contributed by atoms with Crippen molar-refractivity contribution in [2.45, 2.75) is 0 Å². The summed E-state index contributed by atoms with van der Waals surface area (Å²) >= 11 is 0. The molecule has 1 aromatic heterocycles. The molecule has 72 valence electrons. The Labute approximate surface area is 80.0 Å². The minimum absolute atomic E-state index is 0.0339. The number of amides is 2. The van der Waals surface area contributed by atoms with Crippen LogP contribution in [0.5, 0.6) is 0 Å². The normalized spacial score (nSPS) is 16.7. The molecule has 0 aromatic carbocycles. The lowest BCUT2D eigenvalue weighted by molar-refractivity contribution is -0.128. The van der Waals surface area contributed by atoms with Crippen molar-refractivity contribution < 1.29 is 9.59 Å². The molecule has 0 spiro atoms. The Bertz CT molecular complexity index is 365. The predicted molar refractivity (Wildman–Crippen MR) is 47.4 cm³/mol. The van der Waals surface area contributed by atoms with Crippen LogP contribution in [-0.4, -0.2) is 34.9 Å². The van der Waals surface area contributed by atoms with E-state index in [4.69, 9.17) is 0 Å². The van der Waals surface area contributed by atoms with Crippen LogP contribution < -0.4 is 10.2 Å². The molecule has 6 nitrogen and oxygen atoms in total. The molecule has 1 N–H and O–H groups in total. The molecule has 0 radical (unpaired) electrons. The molecule has 0 atom stereocenters. The fraction of sp³-hybridized carbons (Fsp3) is 0.250. The lowest BCUT2D eigenvalue weighted by Crippen LogP contribution is -2.51. The van der Waals surface area contributed by atoms with E-state index in [1.165, 1.54) is 23.6 Å². The van der Waals surface area contributed by atoms with Crippen LogP contribution >= 0.6 is 0 Å². The number of piperazine rings is 1. The van der Waals surface area contributed by atoms with Gasteiger partial charge in [-0.15, -0.1) is 0 Å². The van der Waals surface area contributed by atoms with Gasteiger partial charge in [-0.25, -0.2) is 9.97 Å². The van der Waals surface area contributed by atoms with Gasteiger partial charge in [-0.05, 0) is 0 Å². The van der Waals surface area contributed by atoms with E-state index in [1.807, 2.05) is 0 Å². The third-order valence-electron chi connectivity index (χ3n) is 1.90. The largest absolute Gasteiger partial charge is 0.345 e. The summed E-state index contributed by atoms with van der Waals surface area (Å²) in [7, 11) is 0. The number of nitrogens with one attached hydrogen (secondary N) is 1. The first-order valence-corrected chi connectivity index (χ1v) is 4.09. The summed E-state index contributed by atoms with van der Waals surface area (Å²) in [5, 5.41) is 2.46. The first-order chi connectivity index (χ1) is 6.77. The number of aromatic nitrogens is 2. The summed E-state index contributed by atoms with van der Waals surface area (Å²) in [6.45, 7) is 0.0694. The smallest absolute Gasteiger partial charge is 0.246 e. The minimum Gasteiger partial charge on any atom is -0.345 e. The van der Waals surface area contributed by atoms with Gasteiger partial charge < -0.3 is 5.32 Å². The molecule has 1 saturated heterocycles. The van der Waals surface area contributed by atoms with Gasteiger partial charge in [-0.1, -0.05) is 0 Å². The van der Waals surface area contributed by atoms with Gasteiger partial charge in [0.15, 0.2) is 0 Å². The topological polar surface area (TPSA) is 75.2 Å². The Balaban J connectivity index is 2.24. The first-order valence-electron chi connectivity index (χ1n) is 4.09. The standard InChI is InChI=1S/C8H8N4O2/c13-7-4-12(8(14)3-11-7)6-1-9-5-10-2-6/h1-2,5H,3-4H2,(H,11,13). The van der Waals surface area contributed by atoms with E-state index in [0.717, 1.165) is 0 Å². The van der Waals surface area contributed by atoms with Crippen LogP contribution in [0.25, 0.3) is 0 Å². The molecule has 14 heavy (non-hydrogen) atoms. The molecule has 0 saturated carbocycles. The molecule has 0 bridgehead atoms. The summed E-state index contributed by atoms with van der Waals surface area (Å²) < 4.78 is 0. The molecule has 1 aromatic rings. The highest BCUT2D eigenvalue weighted by Crippen LogP contribution is 2.11. The number of carbonyl (C=O) groups excluding carboxylic acids is 2. The molecule has 2 heterocycles. The van der Waals surface area contributed by atoms with E-state index in [2.05, 4.69) is 15.3 Å². The van der Waals surface area contributed by atoms with Crippen LogP contribution in [0.15, 0.2) is 18.7 Å². The summed E-state index contributed by atoms with van der Waals surface area (Å²) in [6, 6.07) is 0. The van der Waals surface area contributed by atoms with Gasteiger partial charge in [0.1, 0.15) is 12.9 Å². The van der Waals surface area contributed by atoms with Crippen molar-refractivity contribution in [1.29, 1.82) is 0 Å². The maximum Gasteiger partial charge on any atom is 0.246 e. The summed E-state index contributed by atoms with van der Waals surface area (Å²) in [5.41, 5.74) is 0.548. The molecule has 2 rings (SSSR count). The highest BCUT2D eigenvalue weighted by molar-refractivity contribution is 6.04. The van der Waals surface area contributed by atoms with Crippen molar-refractivity contribution in [3.05, 3.63) is 18.7 Å². The summed E-state index contributed by atoms with van der Waals surface area (Å²) in [6.07, 6.45) is 4.38. The average molecular weight is 192 g/mol. The second-order valence-electron chi connectivity index (χ2n) is 2.85. The zero-order valence-corrected chi connectivity index (χ0v) is 7.30. The van der Waals surface area contributed by atoms with Crippen molar-refractivity contribution in [1.82, 2.24) is 15.3 Å². The fourth-order valence-corrected chi connectivity index (χ4v) is 1.22. The average Bonchev–Trinajstić information content (AvgIpc) is 2.23. The number of anilines is 1. The number of nitrogens with zero attached hydrogens (tertiary/aromatic N) is 3. The van der Waals surface area contributed by atoms with Gasteiger partial charge in [0, 0.05) is 0 Å². The molecule has 2 amide bonds. The second kappa shape index (κ2) is 3.41. The minimum atomic E-state index is -0.173. The Morgan fingerprint density at radius 2 is 2.00 bits per heavy atom. The van der Waals surface area contributed by atoms with Gasteiger partial charge in [0.25, 0.3) is 0 Å². The van der Waals surface area contributed by atoms with Crippen molar-refractivity contribution in [3.63, 3.8) is 0 Å². The van der Waals surface area contributed by atoms with Crippen LogP contribution in [0.2, 0.25) is 0 Å². The summed E-state index contributed by atoms with van der Waals surface area (Å²) in [5.74, 6) is -0.326. The number of hydrogen-bond donors (Lipinski definition) is 1. The Kier molecular flexibility index (Phi) is 2.10. The fourth-order valence-electron chi connectivity index (χ4n) is 1.22. The molecule has 6 heteroatoms. The molecule has 1 aliphatic heterocycles. The van der Waals surface area contributed by atoms with Crippen molar-refractivity contribution in [3.8, 4) is 0 Å². The van der Waals surface area contributed by atoms with Crippen LogP contribution in [0.3, 0.4) is 0 Å². The van der Waals surface area contributed by atoms with Gasteiger partial charge in [0.2, 0.25) is 11.8 Å². The Hall–Kier alpha value is -1.98. The van der Waals surface area contributed by atoms with Crippen LogP contribution in [-0.2, 0) is 9.59 Å². The van der Waals surface area contributed by atoms with Crippen molar-refractivity contribution in [2.24, 2.45) is 0 Å². The summed E-state index contributed by atoms with van der Waals surface area (Å²) in [4.78, 5) is 31.4. The number of rotatable bonds is 1. The second-order valence-corrected chi connectivity index (χ2v) is 2.85. The van der Waals surface area contributed by atoms with E-state index in [-0.39, 0.29) is 24.9 Å². The van der Waals surface area contributed by atoms with Crippen molar-refractivity contribution in [2.75, 3.05) is 18.0 Å². The third-order valence-corrected chi connectivity index (χ3v) is 1.90. The number of carbonyl (C=O) groups is 2. The van der Waals surface area contributed by atoms with E-state index in [9.17, 15) is 9.59 Å². The predicted octanol–water partition coefficient (Wildman–Crippen LogP) is -1.06. The SMILES string of the molecule is O=C1CN(c2cncnc2)C(=O)CN1. The van der Waals surface area contributed by atoms with Gasteiger partial charge in [0.05, 0.1) is 24.6 Å². The molecule has 1 fully saturated rings. The highest BCUT2D eigenvalue weighted by Gasteiger charge is 2.24. The molecule has 1 aliphatic rings. The molecule has 0 unspecified atom stereocenters. The monoisotopic (exact) mass is 192 g/mol. The van der Waals surface area contributed by atoms with E-state index in [0.29, 0.717) is 5.69 Å². The van der Waals surface area contributed by atoms with Crippen LogP contribution in [0.4, 0.5) is 5.69 Å². The maximum absolute atomic E-state index is 11.4. The highest BCUT2D eigenvalue weighted by atomic mass is 16.2. The molecular weight excluding hydrogens is 184 g/mol. The quantitative estimate of drug-likeness (QED) is 0.615. The van der Waals surface area contributed by atoms with Crippen molar-refractivity contribution >= 4 is 17.5 Å². The van der Waals surface area contributed by atoms with E-state index >= 15 is 0 Å². The van der Waals surface area contributed by atoms with Gasteiger partial charge in [-0.2, -0.15) is 0 Å². The Morgan fingerprint density at radius 1 is 1.29 bits per heavy atom. The zero-order valence-electron chi connectivity index (χ0n) is 7.30. The first kappa shape index (κ1) is 8.61. The van der Waals surface area contributed by atoms with Crippen LogP contribution in [0.1, 0.15) is 0 Å². The molecular formula is C8H8N4O2. The Morgan fingerprint density at radius 3 is 2.71 bits per heavy atom. The van der Waals surface area contributed by atoms with E-state index < -0.39 is 0 Å². The van der Waals surface area contributed by atoms with Gasteiger partial charge >= 0.3 is 0 Å².